The van der Waals surface area contributed by atoms with E-state index in [0.29, 0.717) is 6.61 Å². The lowest BCUT2D eigenvalue weighted by atomic mass is 10.0. The van der Waals surface area contributed by atoms with Gasteiger partial charge in [-0.3, -0.25) is 0 Å². The summed E-state index contributed by atoms with van der Waals surface area (Å²) in [7, 11) is 0. The Morgan fingerprint density at radius 1 is 0.935 bits per heavy atom. The molecule has 2 aliphatic heterocycles. The summed E-state index contributed by atoms with van der Waals surface area (Å²) < 4.78 is 11.5. The minimum Gasteiger partial charge on any atom is -0.491 e. The molecule has 0 bridgehead atoms. The highest BCUT2D eigenvalue weighted by atomic mass is 16.6. The predicted octanol–water partition coefficient (Wildman–Crippen LogP) is 5.27. The Balaban J connectivity index is 1.28. The summed E-state index contributed by atoms with van der Waals surface area (Å²) >= 11 is 0. The standard InChI is InChI=1S/C26H34N2O3/c1-26(2,3)31-25(29)28-17-4-6-23(28)19-30-24-13-9-21(10-14-24)18-20-7-11-22(12-8-20)27-15-5-16-27/h7-14,23H,4-6,15-19H2,1-3H3/t23-/m0/s1. The molecule has 166 valence electrons. The third kappa shape index (κ3) is 5.72. The van der Waals surface area contributed by atoms with Gasteiger partial charge in [0.2, 0.25) is 0 Å². The molecular formula is C26H34N2O3. The van der Waals surface area contributed by atoms with E-state index >= 15 is 0 Å². The number of likely N-dealkylation sites (tertiary alicyclic amines) is 1. The van der Waals surface area contributed by atoms with Gasteiger partial charge in [-0.05, 0) is 81.8 Å². The Labute approximate surface area is 185 Å². The molecule has 2 aromatic carbocycles. The van der Waals surface area contributed by atoms with Crippen LogP contribution in [0.4, 0.5) is 10.5 Å². The van der Waals surface area contributed by atoms with Gasteiger partial charge < -0.3 is 19.3 Å². The normalized spacial score (nSPS) is 18.6. The smallest absolute Gasteiger partial charge is 0.410 e. The average molecular weight is 423 g/mol. The van der Waals surface area contributed by atoms with Gasteiger partial charge in [-0.25, -0.2) is 4.79 Å². The van der Waals surface area contributed by atoms with Gasteiger partial charge in [-0.15, -0.1) is 0 Å². The molecule has 4 rings (SSSR count). The Kier molecular flexibility index (Phi) is 6.40. The largest absolute Gasteiger partial charge is 0.491 e. The molecule has 0 saturated carbocycles. The van der Waals surface area contributed by atoms with Crippen molar-refractivity contribution in [3.8, 4) is 5.75 Å². The Morgan fingerprint density at radius 2 is 1.58 bits per heavy atom. The molecule has 0 aliphatic carbocycles. The van der Waals surface area contributed by atoms with Gasteiger partial charge in [0, 0.05) is 25.3 Å². The second-order valence-electron chi connectivity index (χ2n) is 9.61. The number of carbonyl (C=O) groups is 1. The van der Waals surface area contributed by atoms with E-state index in [4.69, 9.17) is 9.47 Å². The van der Waals surface area contributed by atoms with Gasteiger partial charge in [-0.2, -0.15) is 0 Å². The van der Waals surface area contributed by atoms with E-state index in [2.05, 4.69) is 41.3 Å². The first-order valence-corrected chi connectivity index (χ1v) is 11.4. The molecule has 0 unspecified atom stereocenters. The Morgan fingerprint density at radius 3 is 2.16 bits per heavy atom. The van der Waals surface area contributed by atoms with E-state index in [0.717, 1.165) is 31.6 Å². The van der Waals surface area contributed by atoms with Crippen LogP contribution in [0.15, 0.2) is 48.5 Å². The third-order valence-corrected chi connectivity index (χ3v) is 5.94. The van der Waals surface area contributed by atoms with Crippen LogP contribution < -0.4 is 9.64 Å². The number of anilines is 1. The summed E-state index contributed by atoms with van der Waals surface area (Å²) in [6, 6.07) is 17.3. The fraction of sp³-hybridized carbons (Fsp3) is 0.500. The Bertz CT molecular complexity index is 867. The van der Waals surface area contributed by atoms with Crippen LogP contribution in [0, 0.1) is 0 Å². The van der Waals surface area contributed by atoms with Crippen molar-refractivity contribution in [2.24, 2.45) is 0 Å². The molecule has 2 aliphatic rings. The topological polar surface area (TPSA) is 42.0 Å². The van der Waals surface area contributed by atoms with Crippen molar-refractivity contribution in [2.75, 3.05) is 31.1 Å². The molecule has 5 heteroatoms. The summed E-state index contributed by atoms with van der Waals surface area (Å²) in [6.45, 7) is 9.28. The molecule has 0 N–H and O–H groups in total. The highest BCUT2D eigenvalue weighted by Crippen LogP contribution is 2.24. The molecule has 2 saturated heterocycles. The van der Waals surface area contributed by atoms with Gasteiger partial charge in [0.05, 0.1) is 6.04 Å². The fourth-order valence-corrected chi connectivity index (χ4v) is 4.10. The first kappa shape index (κ1) is 21.5. The number of carbonyl (C=O) groups excluding carboxylic acids is 1. The second-order valence-corrected chi connectivity index (χ2v) is 9.61. The van der Waals surface area contributed by atoms with Crippen molar-refractivity contribution in [1.29, 1.82) is 0 Å². The second kappa shape index (κ2) is 9.21. The number of hydrogen-bond donors (Lipinski definition) is 0. The van der Waals surface area contributed by atoms with E-state index in [1.165, 1.54) is 36.3 Å². The molecule has 0 radical (unpaired) electrons. The van der Waals surface area contributed by atoms with Crippen LogP contribution in [-0.2, 0) is 11.2 Å². The van der Waals surface area contributed by atoms with Crippen LogP contribution in [0.1, 0.15) is 51.2 Å². The maximum Gasteiger partial charge on any atom is 0.410 e. The molecule has 0 aromatic heterocycles. The van der Waals surface area contributed by atoms with Gasteiger partial charge in [0.15, 0.2) is 0 Å². The van der Waals surface area contributed by atoms with E-state index in [9.17, 15) is 4.79 Å². The molecule has 31 heavy (non-hydrogen) atoms. The number of hydrogen-bond acceptors (Lipinski definition) is 4. The zero-order chi connectivity index (χ0) is 21.8. The van der Waals surface area contributed by atoms with E-state index < -0.39 is 5.60 Å². The van der Waals surface area contributed by atoms with Crippen LogP contribution in [0.3, 0.4) is 0 Å². The summed E-state index contributed by atoms with van der Waals surface area (Å²) in [6.07, 6.45) is 3.91. The monoisotopic (exact) mass is 422 g/mol. The van der Waals surface area contributed by atoms with Gasteiger partial charge in [0.25, 0.3) is 0 Å². The fourth-order valence-electron chi connectivity index (χ4n) is 4.10. The minimum atomic E-state index is -0.476. The highest BCUT2D eigenvalue weighted by molar-refractivity contribution is 5.69. The lowest BCUT2D eigenvalue weighted by molar-refractivity contribution is 0.0187. The molecule has 2 fully saturated rings. The molecule has 2 heterocycles. The van der Waals surface area contributed by atoms with Crippen LogP contribution >= 0.6 is 0 Å². The molecule has 1 atom stereocenters. The van der Waals surface area contributed by atoms with E-state index in [1.54, 1.807) is 0 Å². The first-order valence-electron chi connectivity index (χ1n) is 11.4. The lowest BCUT2D eigenvalue weighted by Gasteiger charge is -2.33. The average Bonchev–Trinajstić information content (AvgIpc) is 3.15. The van der Waals surface area contributed by atoms with E-state index in [-0.39, 0.29) is 12.1 Å². The summed E-state index contributed by atoms with van der Waals surface area (Å²) in [5.74, 6) is 0.841. The summed E-state index contributed by atoms with van der Waals surface area (Å²) in [4.78, 5) is 16.6. The summed E-state index contributed by atoms with van der Waals surface area (Å²) in [5, 5.41) is 0. The van der Waals surface area contributed by atoms with Crippen molar-refractivity contribution < 1.29 is 14.3 Å². The van der Waals surface area contributed by atoms with E-state index in [1.807, 2.05) is 37.8 Å². The number of ether oxygens (including phenoxy) is 2. The molecular weight excluding hydrogens is 388 g/mol. The molecule has 2 aromatic rings. The third-order valence-electron chi connectivity index (χ3n) is 5.94. The van der Waals surface area contributed by atoms with Crippen LogP contribution in [0.25, 0.3) is 0 Å². The molecule has 1 amide bonds. The maximum absolute atomic E-state index is 12.4. The zero-order valence-electron chi connectivity index (χ0n) is 19.0. The highest BCUT2D eigenvalue weighted by Gasteiger charge is 2.32. The number of rotatable bonds is 6. The van der Waals surface area contributed by atoms with Crippen molar-refractivity contribution in [2.45, 2.75) is 58.1 Å². The van der Waals surface area contributed by atoms with Gasteiger partial charge in [0.1, 0.15) is 18.0 Å². The zero-order valence-corrected chi connectivity index (χ0v) is 19.0. The minimum absolute atomic E-state index is 0.0689. The van der Waals surface area contributed by atoms with Gasteiger partial charge >= 0.3 is 6.09 Å². The van der Waals surface area contributed by atoms with Crippen molar-refractivity contribution in [3.05, 3.63) is 59.7 Å². The lowest BCUT2D eigenvalue weighted by Crippen LogP contribution is -2.42. The predicted molar refractivity (Wildman–Crippen MR) is 124 cm³/mol. The quantitative estimate of drug-likeness (QED) is 0.636. The van der Waals surface area contributed by atoms with Crippen LogP contribution in [0.2, 0.25) is 0 Å². The number of amides is 1. The number of nitrogens with zero attached hydrogens (tertiary/aromatic N) is 2. The maximum atomic E-state index is 12.4. The van der Waals surface area contributed by atoms with Crippen molar-refractivity contribution in [1.82, 2.24) is 4.90 Å². The molecule has 5 nitrogen and oxygen atoms in total. The van der Waals surface area contributed by atoms with Crippen LogP contribution in [0.5, 0.6) is 5.75 Å². The van der Waals surface area contributed by atoms with Crippen LogP contribution in [-0.4, -0.2) is 48.9 Å². The summed E-state index contributed by atoms with van der Waals surface area (Å²) in [5.41, 5.74) is 3.43. The Hall–Kier alpha value is -2.69. The SMILES string of the molecule is CC(C)(C)OC(=O)N1CCC[C@H]1COc1ccc(Cc2ccc(N3CCC3)cc2)cc1. The molecule has 0 spiro atoms. The first-order chi connectivity index (χ1) is 14.9. The van der Waals surface area contributed by atoms with Gasteiger partial charge in [-0.1, -0.05) is 24.3 Å². The van der Waals surface area contributed by atoms with Crippen molar-refractivity contribution in [3.63, 3.8) is 0 Å². The van der Waals surface area contributed by atoms with Crippen molar-refractivity contribution >= 4 is 11.8 Å². The number of benzene rings is 2.